The smallest absolute Gasteiger partial charge is 0.281 e. The average Bonchev–Trinajstić information content (AvgIpc) is 1.99. The van der Waals surface area contributed by atoms with Crippen molar-refractivity contribution in [1.82, 2.24) is 0 Å². The fourth-order valence-corrected chi connectivity index (χ4v) is 0.706. The highest BCUT2D eigenvalue weighted by Crippen LogP contribution is 2.17. The van der Waals surface area contributed by atoms with Crippen LogP contribution >= 0.6 is 0 Å². The van der Waals surface area contributed by atoms with E-state index in [2.05, 4.69) is 15.8 Å². The van der Waals surface area contributed by atoms with Crippen molar-refractivity contribution in [2.45, 2.75) is 31.9 Å². The van der Waals surface area contributed by atoms with Crippen LogP contribution in [0.15, 0.2) is 12.7 Å². The lowest BCUT2D eigenvalue weighted by Crippen LogP contribution is -2.30. The average molecular weight is 222 g/mol. The van der Waals surface area contributed by atoms with Gasteiger partial charge in [0.05, 0.1) is 11.2 Å². The van der Waals surface area contributed by atoms with Gasteiger partial charge in [-0.05, 0) is 20.8 Å². The molecule has 0 aromatic carbocycles. The maximum Gasteiger partial charge on any atom is 0.347 e. The topological polar surface area (TPSA) is 69.7 Å². The van der Waals surface area contributed by atoms with Crippen LogP contribution < -0.4 is 0 Å². The number of rotatable bonds is 4. The minimum atomic E-state index is -3.89. The van der Waals surface area contributed by atoms with E-state index in [0.717, 1.165) is 0 Å². The predicted molar refractivity (Wildman–Crippen MR) is 50.7 cm³/mol. The monoisotopic (exact) mass is 222 g/mol. The van der Waals surface area contributed by atoms with Gasteiger partial charge in [-0.15, -0.1) is 6.58 Å². The highest BCUT2D eigenvalue weighted by atomic mass is 32.2. The van der Waals surface area contributed by atoms with Gasteiger partial charge in [0, 0.05) is 0 Å². The van der Waals surface area contributed by atoms with Gasteiger partial charge in [0.1, 0.15) is 0 Å². The van der Waals surface area contributed by atoms with Crippen molar-refractivity contribution in [2.24, 2.45) is 0 Å². The van der Waals surface area contributed by atoms with E-state index >= 15 is 0 Å². The van der Waals surface area contributed by atoms with Crippen LogP contribution in [0.5, 0.6) is 0 Å². The van der Waals surface area contributed by atoms with E-state index in [1.54, 1.807) is 0 Å². The molecule has 0 aromatic rings. The summed E-state index contributed by atoms with van der Waals surface area (Å²) in [5, 5.41) is 0. The Morgan fingerprint density at radius 3 is 2.29 bits per heavy atom. The fraction of sp³-hybridized carbons (Fsp3) is 0.625. The predicted octanol–water partition coefficient (Wildman–Crippen LogP) is 1.17. The van der Waals surface area contributed by atoms with Crippen LogP contribution in [0.1, 0.15) is 27.2 Å². The van der Waals surface area contributed by atoms with E-state index in [-0.39, 0.29) is 6.42 Å². The zero-order valence-electron chi connectivity index (χ0n) is 8.44. The molecule has 6 heteroatoms. The molecule has 0 saturated carbocycles. The molecular formula is C8H14O5S. The quantitative estimate of drug-likeness (QED) is 0.405. The first-order valence-electron chi connectivity index (χ1n) is 3.95. The molecule has 0 aromatic heterocycles. The molecule has 0 atom stereocenters. The molecule has 0 heterocycles. The molecule has 0 aliphatic heterocycles. The van der Waals surface area contributed by atoms with E-state index in [4.69, 9.17) is 0 Å². The van der Waals surface area contributed by atoms with Gasteiger partial charge < -0.3 is 0 Å². The molecule has 0 bridgehead atoms. The Hall–Kier alpha value is -0.880. The van der Waals surface area contributed by atoms with Crippen molar-refractivity contribution < 1.29 is 22.4 Å². The van der Waals surface area contributed by atoms with Gasteiger partial charge in [0.15, 0.2) is 0 Å². The van der Waals surface area contributed by atoms with Crippen LogP contribution in [-0.4, -0.2) is 19.1 Å². The van der Waals surface area contributed by atoms with Gasteiger partial charge in [-0.3, -0.25) is 4.89 Å². The third-order valence-electron chi connectivity index (χ3n) is 1.28. The molecule has 0 fully saturated rings. The lowest BCUT2D eigenvalue weighted by atomic mass is 10.3. The van der Waals surface area contributed by atoms with Gasteiger partial charge in [-0.25, -0.2) is 4.79 Å². The van der Waals surface area contributed by atoms with Crippen LogP contribution in [0, 0.1) is 0 Å². The molecule has 0 N–H and O–H groups in total. The Morgan fingerprint density at radius 1 is 1.43 bits per heavy atom. The maximum atomic E-state index is 11.2. The van der Waals surface area contributed by atoms with E-state index in [1.807, 2.05) is 0 Å². The highest BCUT2D eigenvalue weighted by molar-refractivity contribution is 7.88. The third-order valence-corrected chi connectivity index (χ3v) is 3.02. The second-order valence-corrected chi connectivity index (χ2v) is 5.85. The lowest BCUT2D eigenvalue weighted by Gasteiger charge is -2.16. The van der Waals surface area contributed by atoms with Gasteiger partial charge in [0.25, 0.3) is 0 Å². The largest absolute Gasteiger partial charge is 0.347 e. The van der Waals surface area contributed by atoms with E-state index < -0.39 is 20.8 Å². The maximum absolute atomic E-state index is 11.2. The molecule has 0 unspecified atom stereocenters. The van der Waals surface area contributed by atoms with Gasteiger partial charge in [0.2, 0.25) is 0 Å². The van der Waals surface area contributed by atoms with Crippen molar-refractivity contribution in [2.75, 3.05) is 0 Å². The van der Waals surface area contributed by atoms with Crippen molar-refractivity contribution in [3.8, 4) is 0 Å². The molecule has 0 aliphatic rings. The number of carbonyl (C=O) groups is 1. The van der Waals surface area contributed by atoms with Crippen LogP contribution in [0.2, 0.25) is 0 Å². The Labute approximate surface area is 83.8 Å². The van der Waals surface area contributed by atoms with Gasteiger partial charge in [-0.1, -0.05) is 10.4 Å². The molecular weight excluding hydrogens is 208 g/mol. The number of hydrogen-bond donors (Lipinski definition) is 0. The summed E-state index contributed by atoms with van der Waals surface area (Å²) in [6.45, 7) is 7.59. The second-order valence-electron chi connectivity index (χ2n) is 3.58. The van der Waals surface area contributed by atoms with Crippen molar-refractivity contribution in [3.05, 3.63) is 12.7 Å². The van der Waals surface area contributed by atoms with E-state index in [9.17, 15) is 13.2 Å². The molecule has 0 saturated heterocycles. The van der Waals surface area contributed by atoms with Crippen LogP contribution in [-0.2, 0) is 24.1 Å². The molecule has 14 heavy (non-hydrogen) atoms. The van der Waals surface area contributed by atoms with Crippen LogP contribution in [0.25, 0.3) is 0 Å². The third kappa shape index (κ3) is 3.89. The fourth-order valence-electron chi connectivity index (χ4n) is 0.337. The molecule has 0 radical (unpaired) electrons. The lowest BCUT2D eigenvalue weighted by molar-refractivity contribution is -0.210. The molecule has 0 rings (SSSR count). The summed E-state index contributed by atoms with van der Waals surface area (Å²) < 4.78 is 25.4. The molecule has 0 aliphatic carbocycles. The zero-order chi connectivity index (χ0) is 11.4. The van der Waals surface area contributed by atoms with E-state index in [0.29, 0.717) is 0 Å². The summed E-state index contributed by atoms with van der Waals surface area (Å²) in [5.74, 6) is -0.798. The van der Waals surface area contributed by atoms with Crippen LogP contribution in [0.4, 0.5) is 0 Å². The number of carbonyl (C=O) groups excluding carboxylic acids is 1. The summed E-state index contributed by atoms with van der Waals surface area (Å²) in [7, 11) is -3.89. The minimum absolute atomic E-state index is 0.0976. The first-order chi connectivity index (χ1) is 6.20. The Balaban J connectivity index is 4.28. The Kier molecular flexibility index (Phi) is 4.28. The van der Waals surface area contributed by atoms with Gasteiger partial charge in [-0.2, -0.15) is 8.42 Å². The SMILES string of the molecule is C=CCC(=O)OOS(=O)(=O)C(C)(C)C. The summed E-state index contributed by atoms with van der Waals surface area (Å²) in [6, 6.07) is 0. The summed E-state index contributed by atoms with van der Waals surface area (Å²) in [5.41, 5.74) is 0. The highest BCUT2D eigenvalue weighted by Gasteiger charge is 2.32. The van der Waals surface area contributed by atoms with Crippen molar-refractivity contribution in [3.63, 3.8) is 0 Å². The van der Waals surface area contributed by atoms with Crippen LogP contribution in [0.3, 0.4) is 0 Å². The normalized spacial score (nSPS) is 12.2. The standard InChI is InChI=1S/C8H14O5S/c1-5-6-7(9)12-13-14(10,11)8(2,3)4/h5H,1,6H2,2-4H3. The Morgan fingerprint density at radius 2 is 1.93 bits per heavy atom. The van der Waals surface area contributed by atoms with Crippen molar-refractivity contribution in [1.29, 1.82) is 0 Å². The zero-order valence-corrected chi connectivity index (χ0v) is 9.26. The van der Waals surface area contributed by atoms with Crippen molar-refractivity contribution >= 4 is 16.1 Å². The summed E-state index contributed by atoms with van der Waals surface area (Å²) in [6.07, 6.45) is 1.19. The number of hydrogen-bond acceptors (Lipinski definition) is 5. The second kappa shape index (κ2) is 4.56. The minimum Gasteiger partial charge on any atom is -0.281 e. The first-order valence-corrected chi connectivity index (χ1v) is 5.36. The first kappa shape index (κ1) is 13.1. The van der Waals surface area contributed by atoms with E-state index in [1.165, 1.54) is 26.8 Å². The van der Waals surface area contributed by atoms with Gasteiger partial charge >= 0.3 is 16.1 Å². The molecule has 0 amide bonds. The molecule has 0 spiro atoms. The Bertz CT molecular complexity index is 309. The molecule has 82 valence electrons. The summed E-state index contributed by atoms with van der Waals surface area (Å²) in [4.78, 5) is 14.8. The summed E-state index contributed by atoms with van der Waals surface area (Å²) >= 11 is 0. The molecule has 5 nitrogen and oxygen atoms in total.